The molecule has 136 valence electrons. The summed E-state index contributed by atoms with van der Waals surface area (Å²) in [5, 5.41) is 0. The second-order valence-electron chi connectivity index (χ2n) is 7.31. The fourth-order valence-corrected chi connectivity index (χ4v) is 2.91. The topological polar surface area (TPSA) is 55.8 Å². The van der Waals surface area contributed by atoms with Crippen LogP contribution in [-0.4, -0.2) is 42.8 Å². The molecule has 0 radical (unpaired) electrons. The third-order valence-corrected chi connectivity index (χ3v) is 4.40. The maximum atomic E-state index is 12.2. The SMILES string of the molecule is COC(=O)c1ccc(C2=CCN(C(=O)OC(C)(C)C)CC2)c(C)c1C. The number of hydrogen-bond acceptors (Lipinski definition) is 4. The van der Waals surface area contributed by atoms with Gasteiger partial charge in [0.1, 0.15) is 5.60 Å². The first-order valence-electron chi connectivity index (χ1n) is 8.50. The Morgan fingerprint density at radius 2 is 1.80 bits per heavy atom. The summed E-state index contributed by atoms with van der Waals surface area (Å²) in [4.78, 5) is 25.7. The van der Waals surface area contributed by atoms with Crippen molar-refractivity contribution in [1.29, 1.82) is 0 Å². The lowest BCUT2D eigenvalue weighted by Gasteiger charge is -2.30. The number of nitrogens with zero attached hydrogens (tertiary/aromatic N) is 1. The van der Waals surface area contributed by atoms with Crippen LogP contribution in [0.25, 0.3) is 5.57 Å². The predicted molar refractivity (Wildman–Crippen MR) is 97.7 cm³/mol. The summed E-state index contributed by atoms with van der Waals surface area (Å²) < 4.78 is 10.2. The van der Waals surface area contributed by atoms with Crippen LogP contribution in [-0.2, 0) is 9.47 Å². The molecule has 0 saturated carbocycles. The number of esters is 1. The van der Waals surface area contributed by atoms with E-state index in [1.807, 2.05) is 46.8 Å². The normalized spacial score (nSPS) is 14.8. The minimum absolute atomic E-state index is 0.281. The van der Waals surface area contributed by atoms with Gasteiger partial charge < -0.3 is 14.4 Å². The van der Waals surface area contributed by atoms with Gasteiger partial charge in [-0.15, -0.1) is 0 Å². The Hall–Kier alpha value is -2.30. The van der Waals surface area contributed by atoms with Gasteiger partial charge in [0.05, 0.1) is 12.7 Å². The van der Waals surface area contributed by atoms with Crippen LogP contribution in [0.4, 0.5) is 4.79 Å². The van der Waals surface area contributed by atoms with Crippen molar-refractivity contribution in [2.24, 2.45) is 0 Å². The van der Waals surface area contributed by atoms with Crippen LogP contribution in [0.15, 0.2) is 18.2 Å². The average Bonchev–Trinajstić information content (AvgIpc) is 2.55. The average molecular weight is 345 g/mol. The number of methoxy groups -OCH3 is 1. The lowest BCUT2D eigenvalue weighted by Crippen LogP contribution is -2.39. The Labute approximate surface area is 149 Å². The molecule has 2 rings (SSSR count). The second-order valence-corrected chi connectivity index (χ2v) is 7.31. The van der Waals surface area contributed by atoms with Gasteiger partial charge in [-0.25, -0.2) is 9.59 Å². The molecule has 0 fully saturated rings. The van der Waals surface area contributed by atoms with Crippen molar-refractivity contribution in [2.75, 3.05) is 20.2 Å². The van der Waals surface area contributed by atoms with Gasteiger partial charge in [0, 0.05) is 13.1 Å². The highest BCUT2D eigenvalue weighted by atomic mass is 16.6. The summed E-state index contributed by atoms with van der Waals surface area (Å²) in [5.41, 5.74) is 4.42. The molecule has 0 aromatic heterocycles. The highest BCUT2D eigenvalue weighted by Crippen LogP contribution is 2.29. The number of carbonyl (C=O) groups excluding carboxylic acids is 2. The molecule has 1 aromatic rings. The van der Waals surface area contributed by atoms with Crippen LogP contribution in [0.1, 0.15) is 54.2 Å². The highest BCUT2D eigenvalue weighted by Gasteiger charge is 2.24. The van der Waals surface area contributed by atoms with E-state index in [2.05, 4.69) is 6.08 Å². The largest absolute Gasteiger partial charge is 0.465 e. The fourth-order valence-electron chi connectivity index (χ4n) is 2.91. The van der Waals surface area contributed by atoms with Gasteiger partial charge in [0.15, 0.2) is 0 Å². The second kappa shape index (κ2) is 7.30. The molecule has 1 aliphatic heterocycles. The predicted octanol–water partition coefficient (Wildman–Crippen LogP) is 4.11. The molecule has 0 aliphatic carbocycles. The number of benzene rings is 1. The first-order valence-corrected chi connectivity index (χ1v) is 8.50. The van der Waals surface area contributed by atoms with E-state index < -0.39 is 5.60 Å². The van der Waals surface area contributed by atoms with Crippen LogP contribution < -0.4 is 0 Å². The zero-order valence-corrected chi connectivity index (χ0v) is 15.9. The summed E-state index contributed by atoms with van der Waals surface area (Å²) in [6.07, 6.45) is 2.54. The number of rotatable bonds is 2. The van der Waals surface area contributed by atoms with Gasteiger partial charge in [0.25, 0.3) is 0 Å². The third-order valence-electron chi connectivity index (χ3n) is 4.40. The van der Waals surface area contributed by atoms with Crippen LogP contribution in [0.2, 0.25) is 0 Å². The lowest BCUT2D eigenvalue weighted by molar-refractivity contribution is 0.0270. The smallest absolute Gasteiger partial charge is 0.410 e. The Morgan fingerprint density at radius 3 is 2.32 bits per heavy atom. The summed E-state index contributed by atoms with van der Waals surface area (Å²) in [5.74, 6) is -0.319. The quantitative estimate of drug-likeness (QED) is 0.757. The van der Waals surface area contributed by atoms with Crippen molar-refractivity contribution in [3.05, 3.63) is 40.5 Å². The molecule has 0 atom stereocenters. The van der Waals surface area contributed by atoms with Crippen LogP contribution in [0.3, 0.4) is 0 Å². The highest BCUT2D eigenvalue weighted by molar-refractivity contribution is 5.92. The minimum Gasteiger partial charge on any atom is -0.465 e. The molecule has 1 aromatic carbocycles. The zero-order valence-electron chi connectivity index (χ0n) is 15.9. The molecular formula is C20H27NO4. The number of carbonyl (C=O) groups is 2. The van der Waals surface area contributed by atoms with Crippen molar-refractivity contribution < 1.29 is 19.1 Å². The maximum absolute atomic E-state index is 12.2. The molecule has 1 amide bonds. The molecule has 0 bridgehead atoms. The molecule has 0 saturated heterocycles. The molecule has 25 heavy (non-hydrogen) atoms. The molecule has 0 unspecified atom stereocenters. The fraction of sp³-hybridized carbons (Fsp3) is 0.500. The summed E-state index contributed by atoms with van der Waals surface area (Å²) >= 11 is 0. The van der Waals surface area contributed by atoms with Gasteiger partial charge in [-0.3, -0.25) is 0 Å². The van der Waals surface area contributed by atoms with E-state index in [9.17, 15) is 9.59 Å². The minimum atomic E-state index is -0.488. The number of hydrogen-bond donors (Lipinski definition) is 0. The van der Waals surface area contributed by atoms with Crippen molar-refractivity contribution in [2.45, 2.75) is 46.6 Å². The molecular weight excluding hydrogens is 318 g/mol. The zero-order chi connectivity index (χ0) is 18.8. The summed E-state index contributed by atoms with van der Waals surface area (Å²) in [7, 11) is 1.39. The monoisotopic (exact) mass is 345 g/mol. The van der Waals surface area contributed by atoms with E-state index >= 15 is 0 Å². The van der Waals surface area contributed by atoms with E-state index in [4.69, 9.17) is 9.47 Å². The Morgan fingerprint density at radius 1 is 1.12 bits per heavy atom. The number of ether oxygens (including phenoxy) is 2. The number of amides is 1. The van der Waals surface area contributed by atoms with Crippen molar-refractivity contribution in [3.8, 4) is 0 Å². The maximum Gasteiger partial charge on any atom is 0.410 e. The van der Waals surface area contributed by atoms with E-state index in [1.165, 1.54) is 12.7 Å². The van der Waals surface area contributed by atoms with Gasteiger partial charge in [0.2, 0.25) is 0 Å². The Bertz CT molecular complexity index is 713. The molecule has 5 heteroatoms. The first-order chi connectivity index (χ1) is 11.6. The van der Waals surface area contributed by atoms with Gasteiger partial charge >= 0.3 is 12.1 Å². The van der Waals surface area contributed by atoms with Gasteiger partial charge in [-0.05, 0) is 69.4 Å². The molecule has 1 heterocycles. The Balaban J connectivity index is 2.18. The van der Waals surface area contributed by atoms with Gasteiger partial charge in [-0.2, -0.15) is 0 Å². The van der Waals surface area contributed by atoms with E-state index in [-0.39, 0.29) is 12.1 Å². The van der Waals surface area contributed by atoms with Crippen LogP contribution in [0, 0.1) is 13.8 Å². The molecule has 1 aliphatic rings. The van der Waals surface area contributed by atoms with Crippen LogP contribution >= 0.6 is 0 Å². The van der Waals surface area contributed by atoms with E-state index in [1.54, 1.807) is 4.90 Å². The molecule has 5 nitrogen and oxygen atoms in total. The summed E-state index contributed by atoms with van der Waals surface area (Å²) in [6.45, 7) is 10.7. The molecule has 0 N–H and O–H groups in total. The van der Waals surface area contributed by atoms with E-state index in [0.717, 1.165) is 23.1 Å². The standard InChI is InChI=1S/C20H27NO4/c1-13-14(2)17(18(22)24-6)8-7-16(13)15-9-11-21(12-10-15)19(23)25-20(3,4)5/h7-9H,10-12H2,1-6H3. The van der Waals surface area contributed by atoms with Crippen molar-refractivity contribution >= 4 is 17.6 Å². The summed E-state index contributed by atoms with van der Waals surface area (Å²) in [6, 6.07) is 3.77. The molecule has 0 spiro atoms. The lowest BCUT2D eigenvalue weighted by atomic mass is 9.91. The Kier molecular flexibility index (Phi) is 5.55. The van der Waals surface area contributed by atoms with Crippen molar-refractivity contribution in [1.82, 2.24) is 4.90 Å². The third kappa shape index (κ3) is 4.41. The van der Waals surface area contributed by atoms with Crippen LogP contribution in [0.5, 0.6) is 0 Å². The first kappa shape index (κ1) is 19.0. The van der Waals surface area contributed by atoms with Crippen molar-refractivity contribution in [3.63, 3.8) is 0 Å². The van der Waals surface area contributed by atoms with E-state index in [0.29, 0.717) is 18.7 Å². The van der Waals surface area contributed by atoms with Gasteiger partial charge in [-0.1, -0.05) is 12.1 Å².